The Morgan fingerprint density at radius 2 is 2.00 bits per heavy atom. The predicted octanol–water partition coefficient (Wildman–Crippen LogP) is 4.89. The summed E-state index contributed by atoms with van der Waals surface area (Å²) in [6.45, 7) is 11.7. The second-order valence-corrected chi connectivity index (χ2v) is 14.4. The van der Waals surface area contributed by atoms with Crippen molar-refractivity contribution in [2.24, 2.45) is 0 Å². The Morgan fingerprint density at radius 3 is 2.62 bits per heavy atom. The fourth-order valence-corrected chi connectivity index (χ4v) is 4.25. The lowest BCUT2D eigenvalue weighted by molar-refractivity contribution is 0.246. The van der Waals surface area contributed by atoms with Gasteiger partial charge in [0.15, 0.2) is 14.0 Å². The van der Waals surface area contributed by atoms with Crippen molar-refractivity contribution in [3.63, 3.8) is 0 Å². The summed E-state index contributed by atoms with van der Waals surface area (Å²) in [5.41, 5.74) is 3.65. The summed E-state index contributed by atoms with van der Waals surface area (Å²) in [6.07, 6.45) is 10.3. The van der Waals surface area contributed by atoms with E-state index in [1.54, 1.807) is 12.5 Å². The molecule has 1 fully saturated rings. The van der Waals surface area contributed by atoms with Gasteiger partial charge in [-0.2, -0.15) is 5.26 Å². The summed E-state index contributed by atoms with van der Waals surface area (Å²) in [7, 11) is -1.92. The number of aromatic nitrogens is 4. The molecule has 0 amide bonds. The highest BCUT2D eigenvalue weighted by Gasteiger charge is 2.38. The van der Waals surface area contributed by atoms with Crippen molar-refractivity contribution < 1.29 is 4.43 Å². The quantitative estimate of drug-likeness (QED) is 0.546. The molecular formula is C22H29N5OSi. The van der Waals surface area contributed by atoms with E-state index in [1.165, 1.54) is 18.4 Å². The summed E-state index contributed by atoms with van der Waals surface area (Å²) in [4.78, 5) is 9.07. The molecule has 3 aromatic heterocycles. The first-order valence-corrected chi connectivity index (χ1v) is 13.1. The van der Waals surface area contributed by atoms with Crippen LogP contribution >= 0.6 is 0 Å². The number of pyridine rings is 1. The van der Waals surface area contributed by atoms with Gasteiger partial charge in [0.05, 0.1) is 18.6 Å². The van der Waals surface area contributed by atoms with Gasteiger partial charge in [-0.1, -0.05) is 26.8 Å². The van der Waals surface area contributed by atoms with Crippen LogP contribution in [-0.2, 0) is 4.43 Å². The molecule has 3 heterocycles. The fourth-order valence-electron chi connectivity index (χ4n) is 3.24. The van der Waals surface area contributed by atoms with Crippen molar-refractivity contribution in [2.75, 3.05) is 6.61 Å². The molecule has 1 unspecified atom stereocenters. The largest absolute Gasteiger partial charge is 0.414 e. The van der Waals surface area contributed by atoms with Gasteiger partial charge in [0.25, 0.3) is 0 Å². The lowest BCUT2D eigenvalue weighted by atomic mass is 10.2. The van der Waals surface area contributed by atoms with Gasteiger partial charge in [0, 0.05) is 18.6 Å². The van der Waals surface area contributed by atoms with Gasteiger partial charge in [-0.05, 0) is 48.5 Å². The molecular weight excluding hydrogens is 378 g/mol. The zero-order valence-electron chi connectivity index (χ0n) is 17.9. The third-order valence-corrected chi connectivity index (χ3v) is 10.9. The van der Waals surface area contributed by atoms with Crippen LogP contribution in [0, 0.1) is 11.3 Å². The topological polar surface area (TPSA) is 68.1 Å². The monoisotopic (exact) mass is 407 g/mol. The first-order valence-electron chi connectivity index (χ1n) is 10.2. The second-order valence-electron chi connectivity index (χ2n) is 9.57. The Morgan fingerprint density at radius 1 is 1.24 bits per heavy atom. The van der Waals surface area contributed by atoms with Crippen LogP contribution in [0.3, 0.4) is 0 Å². The van der Waals surface area contributed by atoms with E-state index in [-0.39, 0.29) is 11.1 Å². The zero-order chi connectivity index (χ0) is 20.8. The molecule has 0 aliphatic heterocycles. The van der Waals surface area contributed by atoms with Crippen molar-refractivity contribution >= 4 is 14.0 Å². The molecule has 0 bridgehead atoms. The molecule has 0 spiro atoms. The van der Waals surface area contributed by atoms with Crippen LogP contribution in [0.25, 0.3) is 5.65 Å². The van der Waals surface area contributed by atoms with E-state index in [4.69, 9.17) is 9.41 Å². The van der Waals surface area contributed by atoms with Crippen LogP contribution in [-0.4, -0.2) is 33.9 Å². The summed E-state index contributed by atoms with van der Waals surface area (Å²) in [5.74, 6) is 0.704. The van der Waals surface area contributed by atoms with Crippen LogP contribution < -0.4 is 0 Å². The van der Waals surface area contributed by atoms with E-state index in [0.717, 1.165) is 11.3 Å². The van der Waals surface area contributed by atoms with Crippen LogP contribution in [0.15, 0.2) is 37.1 Å². The van der Waals surface area contributed by atoms with Gasteiger partial charge in [-0.15, -0.1) is 0 Å². The molecule has 7 heteroatoms. The number of imidazole rings is 2. The molecule has 152 valence electrons. The third-order valence-electron chi connectivity index (χ3n) is 6.37. The number of rotatable bonds is 6. The highest BCUT2D eigenvalue weighted by Crippen LogP contribution is 2.40. The van der Waals surface area contributed by atoms with Gasteiger partial charge < -0.3 is 13.4 Å². The lowest BCUT2D eigenvalue weighted by Crippen LogP contribution is -2.42. The molecule has 29 heavy (non-hydrogen) atoms. The standard InChI is InChI=1S/C22H29N5OSi/c1-22(2,3)29(4,5)28-14-20(27-12-18(10-23)24-15-27)19-13-26-11-17(16-6-7-16)8-9-21(26)25-19/h8-9,11-13,15-16,20H,6-7,14H2,1-5H3. The second kappa shape index (κ2) is 7.12. The normalized spacial score (nSPS) is 16.1. The third kappa shape index (κ3) is 4.00. The Bertz CT molecular complexity index is 1060. The molecule has 0 radical (unpaired) electrons. The smallest absolute Gasteiger partial charge is 0.192 e. The number of fused-ring (bicyclic) bond motifs is 1. The Labute approximate surface area is 173 Å². The average Bonchev–Trinajstić information content (AvgIpc) is 3.25. The Hall–Kier alpha value is -2.43. The van der Waals surface area contributed by atoms with E-state index in [1.807, 2.05) is 4.57 Å². The van der Waals surface area contributed by atoms with Gasteiger partial charge in [-0.25, -0.2) is 9.97 Å². The number of hydrogen-bond donors (Lipinski definition) is 0. The van der Waals surface area contributed by atoms with Gasteiger partial charge >= 0.3 is 0 Å². The summed E-state index contributed by atoms with van der Waals surface area (Å²) < 4.78 is 10.6. The first-order chi connectivity index (χ1) is 13.7. The van der Waals surface area contributed by atoms with E-state index in [2.05, 4.69) is 73.8 Å². The van der Waals surface area contributed by atoms with Crippen LogP contribution in [0.2, 0.25) is 18.1 Å². The molecule has 1 aliphatic rings. The minimum absolute atomic E-state index is 0.122. The summed E-state index contributed by atoms with van der Waals surface area (Å²) >= 11 is 0. The van der Waals surface area contributed by atoms with E-state index < -0.39 is 8.32 Å². The van der Waals surface area contributed by atoms with Gasteiger partial charge in [0.1, 0.15) is 17.8 Å². The summed E-state index contributed by atoms with van der Waals surface area (Å²) in [5, 5.41) is 9.33. The van der Waals surface area contributed by atoms with E-state index in [0.29, 0.717) is 18.2 Å². The average molecular weight is 408 g/mol. The number of nitrogens with zero attached hydrogens (tertiary/aromatic N) is 5. The highest BCUT2D eigenvalue weighted by atomic mass is 28.4. The van der Waals surface area contributed by atoms with Gasteiger partial charge in [0.2, 0.25) is 0 Å². The molecule has 0 saturated heterocycles. The molecule has 1 aliphatic carbocycles. The van der Waals surface area contributed by atoms with Crippen LogP contribution in [0.5, 0.6) is 0 Å². The molecule has 0 aromatic carbocycles. The SMILES string of the molecule is CC(C)(C)[Si](C)(C)OCC(c1cn2cc(C3CC3)ccc2n1)n1cnc(C#N)c1. The first kappa shape index (κ1) is 19.9. The Balaban J connectivity index is 1.68. The molecule has 4 rings (SSSR count). The highest BCUT2D eigenvalue weighted by molar-refractivity contribution is 6.74. The molecule has 1 atom stereocenters. The lowest BCUT2D eigenvalue weighted by Gasteiger charge is -2.37. The maximum absolute atomic E-state index is 9.20. The Kier molecular flexibility index (Phi) is 4.87. The predicted molar refractivity (Wildman–Crippen MR) is 115 cm³/mol. The zero-order valence-corrected chi connectivity index (χ0v) is 18.9. The van der Waals surface area contributed by atoms with Crippen molar-refractivity contribution in [1.29, 1.82) is 5.26 Å². The number of nitriles is 1. The van der Waals surface area contributed by atoms with Crippen molar-refractivity contribution in [3.05, 3.63) is 54.0 Å². The number of hydrogen-bond acceptors (Lipinski definition) is 4. The maximum atomic E-state index is 9.20. The molecule has 6 nitrogen and oxygen atoms in total. The van der Waals surface area contributed by atoms with Crippen LogP contribution in [0.4, 0.5) is 0 Å². The summed E-state index contributed by atoms with van der Waals surface area (Å²) in [6, 6.07) is 6.28. The molecule has 0 N–H and O–H groups in total. The van der Waals surface area contributed by atoms with Crippen molar-refractivity contribution in [3.8, 4) is 6.07 Å². The molecule has 1 saturated carbocycles. The van der Waals surface area contributed by atoms with Crippen molar-refractivity contribution in [2.45, 2.75) is 63.7 Å². The van der Waals surface area contributed by atoms with Gasteiger partial charge in [-0.3, -0.25) is 0 Å². The maximum Gasteiger partial charge on any atom is 0.192 e. The molecule has 3 aromatic rings. The van der Waals surface area contributed by atoms with E-state index in [9.17, 15) is 5.26 Å². The van der Waals surface area contributed by atoms with E-state index >= 15 is 0 Å². The fraction of sp³-hybridized carbons (Fsp3) is 0.500. The van der Waals surface area contributed by atoms with Crippen molar-refractivity contribution in [1.82, 2.24) is 18.9 Å². The minimum atomic E-state index is -1.92. The van der Waals surface area contributed by atoms with Crippen LogP contribution in [0.1, 0.15) is 62.5 Å². The minimum Gasteiger partial charge on any atom is -0.414 e.